The fraction of sp³-hybridized carbons (Fsp3) is 0.320. The van der Waals surface area contributed by atoms with Crippen molar-refractivity contribution >= 4 is 35.9 Å². The van der Waals surface area contributed by atoms with Crippen molar-refractivity contribution in [2.75, 3.05) is 25.5 Å². The van der Waals surface area contributed by atoms with Gasteiger partial charge in [-0.2, -0.15) is 5.10 Å². The van der Waals surface area contributed by atoms with Gasteiger partial charge in [0.15, 0.2) is 5.84 Å². The fourth-order valence-electron chi connectivity index (χ4n) is 4.33. The number of amides is 1. The van der Waals surface area contributed by atoms with Gasteiger partial charge in [0.05, 0.1) is 16.6 Å². The van der Waals surface area contributed by atoms with Gasteiger partial charge in [-0.3, -0.25) is 10.2 Å². The number of likely N-dealkylation sites (tertiary alicyclic amines) is 1. The van der Waals surface area contributed by atoms with Crippen LogP contribution in [0, 0.1) is 12.3 Å². The first-order valence-corrected chi connectivity index (χ1v) is 11.9. The molecule has 11 heteroatoms. The highest BCUT2D eigenvalue weighted by Crippen LogP contribution is 2.37. The average molecular weight is 510 g/mol. The second kappa shape index (κ2) is 10.8. The summed E-state index contributed by atoms with van der Waals surface area (Å²) in [5.74, 6) is 1.68. The van der Waals surface area contributed by atoms with Crippen LogP contribution in [0.4, 0.5) is 5.82 Å². The number of carbonyl (C=O) groups is 1. The second-order valence-corrected chi connectivity index (χ2v) is 8.83. The maximum absolute atomic E-state index is 12.2. The van der Waals surface area contributed by atoms with Crippen molar-refractivity contribution in [2.45, 2.75) is 32.4 Å². The Morgan fingerprint density at radius 2 is 2.25 bits per heavy atom. The molecule has 1 aliphatic rings. The van der Waals surface area contributed by atoms with Gasteiger partial charge in [-0.1, -0.05) is 23.3 Å². The number of aryl methyl sites for hydroxylation is 1. The molecule has 1 aliphatic heterocycles. The van der Waals surface area contributed by atoms with Gasteiger partial charge in [-0.15, -0.1) is 0 Å². The third kappa shape index (κ3) is 5.03. The minimum Gasteiger partial charge on any atom is -0.486 e. The highest BCUT2D eigenvalue weighted by molar-refractivity contribution is 6.32. The maximum atomic E-state index is 12.2. The van der Waals surface area contributed by atoms with E-state index in [1.807, 2.05) is 17.7 Å². The van der Waals surface area contributed by atoms with Crippen molar-refractivity contribution in [3.63, 3.8) is 0 Å². The molecule has 10 nitrogen and oxygen atoms in total. The maximum Gasteiger partial charge on any atom is 0.246 e. The first-order valence-electron chi connectivity index (χ1n) is 11.5. The van der Waals surface area contributed by atoms with E-state index in [2.05, 4.69) is 28.8 Å². The van der Waals surface area contributed by atoms with Crippen LogP contribution in [0.3, 0.4) is 0 Å². The Kier molecular flexibility index (Phi) is 7.54. The van der Waals surface area contributed by atoms with Gasteiger partial charge in [0.1, 0.15) is 35.3 Å². The Morgan fingerprint density at radius 3 is 2.89 bits per heavy atom. The summed E-state index contributed by atoms with van der Waals surface area (Å²) in [6.45, 7) is 10.3. The fourth-order valence-corrected chi connectivity index (χ4v) is 4.57. The molecule has 1 saturated heterocycles. The van der Waals surface area contributed by atoms with Gasteiger partial charge < -0.3 is 19.5 Å². The summed E-state index contributed by atoms with van der Waals surface area (Å²) < 4.78 is 12.7. The molecular formula is C25H28ClN7O3. The summed E-state index contributed by atoms with van der Waals surface area (Å²) >= 11 is 6.55. The number of carbonyl (C=O) groups excluding carboxylic acids is 1. The number of rotatable bonds is 8. The van der Waals surface area contributed by atoms with Crippen LogP contribution >= 0.6 is 11.6 Å². The second-order valence-electron chi connectivity index (χ2n) is 8.42. The molecule has 1 aromatic carbocycles. The van der Waals surface area contributed by atoms with Crippen LogP contribution in [-0.4, -0.2) is 58.4 Å². The zero-order valence-corrected chi connectivity index (χ0v) is 21.0. The predicted molar refractivity (Wildman–Crippen MR) is 139 cm³/mol. The summed E-state index contributed by atoms with van der Waals surface area (Å²) in [5.41, 5.74) is 2.39. The summed E-state index contributed by atoms with van der Waals surface area (Å²) in [5, 5.41) is 20.8. The Balaban J connectivity index is 1.68. The summed E-state index contributed by atoms with van der Waals surface area (Å²) in [6, 6.07) is 7.03. The normalized spacial score (nSPS) is 15.4. The SMILES string of the molecule is C=CC(=O)N1CCCC(n2nc(-c3ccc(OCc4cc(C)on4)c(Cl)c3)c(C(=N)N=C)c2NC)C1. The van der Waals surface area contributed by atoms with Crippen molar-refractivity contribution in [1.29, 1.82) is 5.41 Å². The molecule has 0 radical (unpaired) electrons. The number of ether oxygens (including phenoxy) is 1. The average Bonchev–Trinajstić information content (AvgIpc) is 3.50. The van der Waals surface area contributed by atoms with Crippen LogP contribution in [0.5, 0.6) is 5.75 Å². The van der Waals surface area contributed by atoms with E-state index >= 15 is 0 Å². The van der Waals surface area contributed by atoms with E-state index in [1.54, 1.807) is 30.1 Å². The van der Waals surface area contributed by atoms with Crippen molar-refractivity contribution in [1.82, 2.24) is 19.8 Å². The number of anilines is 1. The summed E-state index contributed by atoms with van der Waals surface area (Å²) in [4.78, 5) is 17.9. The van der Waals surface area contributed by atoms with Crippen LogP contribution in [0.2, 0.25) is 5.02 Å². The molecule has 2 N–H and O–H groups in total. The number of aromatic nitrogens is 3. The third-order valence-corrected chi connectivity index (χ3v) is 6.32. The Labute approximate surface area is 214 Å². The largest absolute Gasteiger partial charge is 0.486 e. The van der Waals surface area contributed by atoms with Gasteiger partial charge in [0, 0.05) is 31.8 Å². The summed E-state index contributed by atoms with van der Waals surface area (Å²) in [7, 11) is 1.77. The smallest absolute Gasteiger partial charge is 0.246 e. The standard InChI is InChI=1S/C25H28ClN7O3/c1-5-21(34)32-10-6-7-18(13-32)33-25(29-4)22(24(27)28-3)23(30-33)16-8-9-20(19(26)12-16)35-14-17-11-15(2)36-31-17/h5,8-9,11-12,18,27,29H,1,3,6-7,10,13-14H2,2,4H3. The molecular weight excluding hydrogens is 482 g/mol. The van der Waals surface area contributed by atoms with Crippen LogP contribution in [0.1, 0.15) is 35.9 Å². The predicted octanol–water partition coefficient (Wildman–Crippen LogP) is 4.50. The van der Waals surface area contributed by atoms with Crippen LogP contribution in [0.25, 0.3) is 11.3 Å². The Bertz CT molecular complexity index is 1310. The molecule has 1 atom stereocenters. The Morgan fingerprint density at radius 1 is 1.44 bits per heavy atom. The number of hydrogen-bond donors (Lipinski definition) is 2. The monoisotopic (exact) mass is 509 g/mol. The molecule has 3 aromatic rings. The zero-order valence-electron chi connectivity index (χ0n) is 20.3. The molecule has 36 heavy (non-hydrogen) atoms. The number of halogens is 1. The lowest BCUT2D eigenvalue weighted by atomic mass is 10.0. The lowest BCUT2D eigenvalue weighted by Crippen LogP contribution is -2.40. The van der Waals surface area contributed by atoms with Gasteiger partial charge in [0.25, 0.3) is 0 Å². The van der Waals surface area contributed by atoms with E-state index in [4.69, 9.17) is 31.4 Å². The van der Waals surface area contributed by atoms with Crippen molar-refractivity contribution in [2.24, 2.45) is 4.99 Å². The van der Waals surface area contributed by atoms with Gasteiger partial charge >= 0.3 is 0 Å². The number of nitrogens with zero attached hydrogens (tertiary/aromatic N) is 5. The van der Waals surface area contributed by atoms with E-state index < -0.39 is 0 Å². The van der Waals surface area contributed by atoms with E-state index in [-0.39, 0.29) is 24.4 Å². The van der Waals surface area contributed by atoms with Gasteiger partial charge in [-0.25, -0.2) is 9.67 Å². The molecule has 3 heterocycles. The molecule has 188 valence electrons. The number of benzene rings is 1. The highest BCUT2D eigenvalue weighted by Gasteiger charge is 2.30. The van der Waals surface area contributed by atoms with E-state index in [0.29, 0.717) is 58.0 Å². The number of nitrogens with one attached hydrogen (secondary N) is 2. The molecule has 1 amide bonds. The molecule has 0 aliphatic carbocycles. The lowest BCUT2D eigenvalue weighted by Gasteiger charge is -2.33. The summed E-state index contributed by atoms with van der Waals surface area (Å²) in [6.07, 6.45) is 2.99. The van der Waals surface area contributed by atoms with Crippen molar-refractivity contribution in [3.8, 4) is 17.0 Å². The minimum atomic E-state index is -0.109. The lowest BCUT2D eigenvalue weighted by molar-refractivity contribution is -0.127. The first kappa shape index (κ1) is 25.2. The van der Waals surface area contributed by atoms with Crippen molar-refractivity contribution in [3.05, 3.63) is 59.0 Å². The Hall–Kier alpha value is -3.92. The van der Waals surface area contributed by atoms with Crippen LogP contribution < -0.4 is 10.1 Å². The molecule has 0 saturated carbocycles. The number of hydrogen-bond acceptors (Lipinski definition) is 7. The van der Waals surface area contributed by atoms with E-state index in [0.717, 1.165) is 12.8 Å². The van der Waals surface area contributed by atoms with Crippen LogP contribution in [0.15, 0.2) is 46.4 Å². The molecule has 0 bridgehead atoms. The number of aliphatic imine (C=N–C) groups is 1. The molecule has 1 fully saturated rings. The number of amidine groups is 1. The minimum absolute atomic E-state index is 0.0201. The first-order chi connectivity index (χ1) is 17.4. The third-order valence-electron chi connectivity index (χ3n) is 6.03. The van der Waals surface area contributed by atoms with E-state index in [1.165, 1.54) is 6.08 Å². The van der Waals surface area contributed by atoms with Crippen molar-refractivity contribution < 1.29 is 14.1 Å². The topological polar surface area (TPSA) is 122 Å². The molecule has 0 spiro atoms. The van der Waals surface area contributed by atoms with Crippen LogP contribution in [-0.2, 0) is 11.4 Å². The van der Waals surface area contributed by atoms with Gasteiger partial charge in [0.2, 0.25) is 5.91 Å². The zero-order chi connectivity index (χ0) is 25.8. The quantitative estimate of drug-likeness (QED) is 0.262. The highest BCUT2D eigenvalue weighted by atomic mass is 35.5. The van der Waals surface area contributed by atoms with E-state index in [9.17, 15) is 4.79 Å². The molecule has 4 rings (SSSR count). The molecule has 2 aromatic heterocycles. The molecule has 1 unspecified atom stereocenters. The van der Waals surface area contributed by atoms with Gasteiger partial charge in [-0.05, 0) is 50.8 Å². The number of piperidine rings is 1.